The number of rotatable bonds is 4. The molecule has 0 aromatic heterocycles. The van der Waals surface area contributed by atoms with E-state index in [-0.39, 0.29) is 18.5 Å². The maximum absolute atomic E-state index is 13.1. The van der Waals surface area contributed by atoms with Crippen molar-refractivity contribution in [3.8, 4) is 11.5 Å². The maximum atomic E-state index is 13.1. The molecule has 0 spiro atoms. The molecule has 2 aromatic rings. The van der Waals surface area contributed by atoms with E-state index in [0.29, 0.717) is 34.8 Å². The van der Waals surface area contributed by atoms with Crippen molar-refractivity contribution >= 4 is 17.9 Å². The quantitative estimate of drug-likeness (QED) is 0.808. The number of carbonyl (C=O) groups excluding carboxylic acids is 1. The lowest BCUT2D eigenvalue weighted by Crippen LogP contribution is -2.22. The molecule has 0 saturated heterocycles. The Kier molecular flexibility index (Phi) is 3.80. The van der Waals surface area contributed by atoms with Crippen LogP contribution in [0.2, 0.25) is 5.02 Å². The number of aldehydes is 1. The Bertz CT molecular complexity index is 687. The van der Waals surface area contributed by atoms with E-state index in [1.54, 1.807) is 24.3 Å². The minimum absolute atomic E-state index is 0.208. The highest BCUT2D eigenvalue weighted by atomic mass is 35.5. The molecule has 1 aliphatic rings. The fourth-order valence-corrected chi connectivity index (χ4v) is 2.53. The van der Waals surface area contributed by atoms with Gasteiger partial charge in [-0.2, -0.15) is 0 Å². The molecule has 0 amide bonds. The van der Waals surface area contributed by atoms with Gasteiger partial charge >= 0.3 is 0 Å². The Hall–Kier alpha value is -2.07. The molecule has 0 bridgehead atoms. The summed E-state index contributed by atoms with van der Waals surface area (Å²) in [6.07, 6.45) is 1.03. The van der Waals surface area contributed by atoms with E-state index in [4.69, 9.17) is 21.1 Å². The van der Waals surface area contributed by atoms with E-state index in [1.807, 2.05) is 0 Å². The molecule has 1 unspecified atom stereocenters. The van der Waals surface area contributed by atoms with E-state index in [9.17, 15) is 9.18 Å². The van der Waals surface area contributed by atoms with Crippen LogP contribution in [0, 0.1) is 5.82 Å². The summed E-state index contributed by atoms with van der Waals surface area (Å²) in [7, 11) is 0. The minimum atomic E-state index is -0.281. The van der Waals surface area contributed by atoms with Crippen LogP contribution in [-0.2, 0) is 6.42 Å². The molecule has 5 heteroatoms. The van der Waals surface area contributed by atoms with Crippen molar-refractivity contribution in [3.05, 3.63) is 58.4 Å². The zero-order valence-electron chi connectivity index (χ0n) is 11.0. The maximum Gasteiger partial charge on any atom is 0.155 e. The largest absolute Gasteiger partial charge is 0.489 e. The zero-order chi connectivity index (χ0) is 14.8. The van der Waals surface area contributed by atoms with Crippen LogP contribution >= 0.6 is 11.6 Å². The van der Waals surface area contributed by atoms with Gasteiger partial charge in [0.1, 0.15) is 30.0 Å². The summed E-state index contributed by atoms with van der Waals surface area (Å²) in [6, 6.07) is 9.46. The molecule has 108 valence electrons. The first kappa shape index (κ1) is 13.9. The summed E-state index contributed by atoms with van der Waals surface area (Å²) < 4.78 is 24.4. The van der Waals surface area contributed by atoms with Gasteiger partial charge in [0.2, 0.25) is 0 Å². The fraction of sp³-hybridized carbons (Fsp3) is 0.188. The van der Waals surface area contributed by atoms with Crippen LogP contribution in [-0.4, -0.2) is 19.0 Å². The Morgan fingerprint density at radius 2 is 2.24 bits per heavy atom. The number of hydrogen-bond acceptors (Lipinski definition) is 3. The molecular formula is C16H12ClFO3. The Morgan fingerprint density at radius 1 is 1.38 bits per heavy atom. The van der Waals surface area contributed by atoms with Gasteiger partial charge in [-0.15, -0.1) is 0 Å². The van der Waals surface area contributed by atoms with Crippen LogP contribution in [0.15, 0.2) is 36.4 Å². The Labute approximate surface area is 126 Å². The molecule has 3 rings (SSSR count). The summed E-state index contributed by atoms with van der Waals surface area (Å²) in [5.74, 6) is 0.812. The molecule has 0 saturated carbocycles. The monoisotopic (exact) mass is 306 g/mol. The second-order valence-corrected chi connectivity index (χ2v) is 5.18. The van der Waals surface area contributed by atoms with E-state index in [2.05, 4.69) is 0 Å². The number of fused-ring (bicyclic) bond motifs is 1. The molecule has 0 aliphatic carbocycles. The van der Waals surface area contributed by atoms with Gasteiger partial charge in [0.15, 0.2) is 6.29 Å². The van der Waals surface area contributed by atoms with E-state index >= 15 is 0 Å². The third-order valence-corrected chi connectivity index (χ3v) is 3.65. The summed E-state index contributed by atoms with van der Waals surface area (Å²) >= 11 is 5.93. The van der Waals surface area contributed by atoms with Crippen LogP contribution < -0.4 is 9.47 Å². The molecule has 2 aromatic carbocycles. The molecule has 0 fully saturated rings. The molecule has 21 heavy (non-hydrogen) atoms. The second kappa shape index (κ2) is 5.74. The molecule has 0 N–H and O–H groups in total. The first-order valence-electron chi connectivity index (χ1n) is 6.49. The van der Waals surface area contributed by atoms with E-state index in [0.717, 1.165) is 5.56 Å². The zero-order valence-corrected chi connectivity index (χ0v) is 11.8. The fourth-order valence-electron chi connectivity index (χ4n) is 2.32. The predicted molar refractivity (Wildman–Crippen MR) is 76.9 cm³/mol. The van der Waals surface area contributed by atoms with Gasteiger partial charge in [-0.05, 0) is 30.3 Å². The highest BCUT2D eigenvalue weighted by Gasteiger charge is 2.24. The van der Waals surface area contributed by atoms with Crippen LogP contribution in [0.3, 0.4) is 0 Å². The van der Waals surface area contributed by atoms with Gasteiger partial charge in [0.05, 0.1) is 10.6 Å². The Morgan fingerprint density at radius 3 is 3.05 bits per heavy atom. The lowest BCUT2D eigenvalue weighted by molar-refractivity contribution is 0.111. The molecule has 0 radical (unpaired) electrons. The second-order valence-electron chi connectivity index (χ2n) is 4.78. The molecule has 3 nitrogen and oxygen atoms in total. The van der Waals surface area contributed by atoms with E-state index < -0.39 is 0 Å². The summed E-state index contributed by atoms with van der Waals surface area (Å²) in [5, 5.41) is 0.347. The normalized spacial score (nSPS) is 16.2. The van der Waals surface area contributed by atoms with Crippen LogP contribution in [0.5, 0.6) is 11.5 Å². The Balaban J connectivity index is 1.68. The number of halogens is 2. The third kappa shape index (κ3) is 2.85. The number of carbonyl (C=O) groups is 1. The van der Waals surface area contributed by atoms with Crippen molar-refractivity contribution in [2.75, 3.05) is 6.61 Å². The standard InChI is InChI=1S/C16H12ClFO3/c17-14-2-1-3-16(13(14)8-19)20-9-12-7-10-6-11(18)4-5-15(10)21-12/h1-6,8,12H,7,9H2. The first-order valence-corrected chi connectivity index (χ1v) is 6.87. The predicted octanol–water partition coefficient (Wildman–Crippen LogP) is 3.67. The lowest BCUT2D eigenvalue weighted by atomic mass is 10.1. The van der Waals surface area contributed by atoms with Crippen LogP contribution in [0.25, 0.3) is 0 Å². The molecule has 1 atom stereocenters. The van der Waals surface area contributed by atoms with Gasteiger partial charge in [-0.1, -0.05) is 17.7 Å². The minimum Gasteiger partial charge on any atom is -0.489 e. The topological polar surface area (TPSA) is 35.5 Å². The molecule has 1 heterocycles. The first-order chi connectivity index (χ1) is 10.2. The highest BCUT2D eigenvalue weighted by molar-refractivity contribution is 6.33. The van der Waals surface area contributed by atoms with Crippen molar-refractivity contribution < 1.29 is 18.7 Å². The van der Waals surface area contributed by atoms with Crippen LogP contribution in [0.1, 0.15) is 15.9 Å². The summed E-state index contributed by atoms with van der Waals surface area (Å²) in [6.45, 7) is 0.261. The SMILES string of the molecule is O=Cc1c(Cl)cccc1OCC1Cc2cc(F)ccc2O1. The van der Waals surface area contributed by atoms with Gasteiger partial charge in [-0.3, -0.25) is 4.79 Å². The summed E-state index contributed by atoms with van der Waals surface area (Å²) in [5.41, 5.74) is 1.14. The average Bonchev–Trinajstić information content (AvgIpc) is 2.87. The van der Waals surface area contributed by atoms with E-state index in [1.165, 1.54) is 12.1 Å². The van der Waals surface area contributed by atoms with Gasteiger partial charge in [0, 0.05) is 12.0 Å². The number of benzene rings is 2. The smallest absolute Gasteiger partial charge is 0.155 e. The number of ether oxygens (including phenoxy) is 2. The summed E-state index contributed by atoms with van der Waals surface area (Å²) in [4.78, 5) is 11.0. The molecule has 1 aliphatic heterocycles. The lowest BCUT2D eigenvalue weighted by Gasteiger charge is -2.14. The van der Waals surface area contributed by atoms with Crippen LogP contribution in [0.4, 0.5) is 4.39 Å². The highest BCUT2D eigenvalue weighted by Crippen LogP contribution is 2.30. The average molecular weight is 307 g/mol. The van der Waals surface area contributed by atoms with Crippen molar-refractivity contribution in [3.63, 3.8) is 0 Å². The van der Waals surface area contributed by atoms with Crippen molar-refractivity contribution in [2.24, 2.45) is 0 Å². The van der Waals surface area contributed by atoms with Gasteiger partial charge in [0.25, 0.3) is 0 Å². The molecular weight excluding hydrogens is 295 g/mol. The van der Waals surface area contributed by atoms with Gasteiger partial charge < -0.3 is 9.47 Å². The van der Waals surface area contributed by atoms with Crippen molar-refractivity contribution in [2.45, 2.75) is 12.5 Å². The van der Waals surface area contributed by atoms with Gasteiger partial charge in [-0.25, -0.2) is 4.39 Å². The van der Waals surface area contributed by atoms with Crippen molar-refractivity contribution in [1.82, 2.24) is 0 Å². The third-order valence-electron chi connectivity index (χ3n) is 3.32. The number of hydrogen-bond donors (Lipinski definition) is 0. The van der Waals surface area contributed by atoms with Crippen molar-refractivity contribution in [1.29, 1.82) is 0 Å².